The van der Waals surface area contributed by atoms with Crippen LogP contribution < -0.4 is 0 Å². The molecule has 0 aliphatic carbocycles. The SMILES string of the molecule is Cc1ccccc1-n1nc(-c2cccs2)cc1CS(=O)(=O)c1ccc(C#N)cc1. The zero-order valence-electron chi connectivity index (χ0n) is 15.6. The molecular formula is C22H17N3O2S2. The number of hydrogen-bond donors (Lipinski definition) is 0. The van der Waals surface area contributed by atoms with E-state index in [9.17, 15) is 8.42 Å². The summed E-state index contributed by atoms with van der Waals surface area (Å²) >= 11 is 1.56. The van der Waals surface area contributed by atoms with Crippen molar-refractivity contribution in [3.05, 3.63) is 88.9 Å². The molecule has 4 aromatic rings. The number of nitrogens with zero attached hydrogens (tertiary/aromatic N) is 3. The Morgan fingerprint density at radius 3 is 2.48 bits per heavy atom. The van der Waals surface area contributed by atoms with Crippen LogP contribution in [0.1, 0.15) is 16.8 Å². The molecule has 2 aromatic heterocycles. The Labute approximate surface area is 173 Å². The largest absolute Gasteiger partial charge is 0.236 e. The van der Waals surface area contributed by atoms with Gasteiger partial charge in [-0.25, -0.2) is 13.1 Å². The van der Waals surface area contributed by atoms with E-state index >= 15 is 0 Å². The number of para-hydroxylation sites is 1. The zero-order valence-corrected chi connectivity index (χ0v) is 17.2. The molecule has 2 heterocycles. The number of benzene rings is 2. The lowest BCUT2D eigenvalue weighted by molar-refractivity contribution is 0.593. The van der Waals surface area contributed by atoms with Gasteiger partial charge in [0.1, 0.15) is 5.69 Å². The van der Waals surface area contributed by atoms with Crippen LogP contribution in [0.4, 0.5) is 0 Å². The summed E-state index contributed by atoms with van der Waals surface area (Å²) in [5, 5.41) is 15.6. The third-order valence-corrected chi connectivity index (χ3v) is 7.14. The molecule has 7 heteroatoms. The Kier molecular flexibility index (Phi) is 5.05. The van der Waals surface area contributed by atoms with Gasteiger partial charge >= 0.3 is 0 Å². The van der Waals surface area contributed by atoms with Gasteiger partial charge in [-0.3, -0.25) is 0 Å². The topological polar surface area (TPSA) is 75.8 Å². The van der Waals surface area contributed by atoms with Crippen LogP contribution >= 0.6 is 11.3 Å². The van der Waals surface area contributed by atoms with Crippen molar-refractivity contribution >= 4 is 21.2 Å². The summed E-state index contributed by atoms with van der Waals surface area (Å²) in [4.78, 5) is 1.17. The van der Waals surface area contributed by atoms with Crippen molar-refractivity contribution in [2.45, 2.75) is 17.6 Å². The molecular weight excluding hydrogens is 402 g/mol. The third kappa shape index (κ3) is 3.86. The number of hydrogen-bond acceptors (Lipinski definition) is 5. The Balaban J connectivity index is 1.79. The molecule has 5 nitrogen and oxygen atoms in total. The second kappa shape index (κ2) is 7.66. The second-order valence-corrected chi connectivity index (χ2v) is 9.53. The number of nitriles is 1. The van der Waals surface area contributed by atoms with Crippen molar-refractivity contribution in [2.24, 2.45) is 0 Å². The average molecular weight is 420 g/mol. The van der Waals surface area contributed by atoms with Crippen LogP contribution in [-0.4, -0.2) is 18.2 Å². The lowest BCUT2D eigenvalue weighted by atomic mass is 10.2. The van der Waals surface area contributed by atoms with Crippen molar-refractivity contribution in [1.82, 2.24) is 9.78 Å². The molecule has 29 heavy (non-hydrogen) atoms. The predicted octanol–water partition coefficient (Wildman–Crippen LogP) is 4.75. The predicted molar refractivity (Wildman–Crippen MR) is 114 cm³/mol. The van der Waals surface area contributed by atoms with Crippen LogP contribution in [0.2, 0.25) is 0 Å². The summed E-state index contributed by atoms with van der Waals surface area (Å²) in [5.74, 6) is -0.189. The minimum absolute atomic E-state index is 0.187. The lowest BCUT2D eigenvalue weighted by Gasteiger charge is -2.11. The number of rotatable bonds is 5. The van der Waals surface area contributed by atoms with E-state index in [0.29, 0.717) is 11.3 Å². The van der Waals surface area contributed by atoms with Gasteiger partial charge in [0.05, 0.1) is 38.5 Å². The fourth-order valence-corrected chi connectivity index (χ4v) is 5.09. The molecule has 0 fully saturated rings. The normalized spacial score (nSPS) is 11.3. The summed E-state index contributed by atoms with van der Waals surface area (Å²) in [6.45, 7) is 1.97. The minimum Gasteiger partial charge on any atom is -0.236 e. The molecule has 0 unspecified atom stereocenters. The quantitative estimate of drug-likeness (QED) is 0.468. The van der Waals surface area contributed by atoms with Gasteiger partial charge in [-0.2, -0.15) is 10.4 Å². The summed E-state index contributed by atoms with van der Waals surface area (Å²) in [6, 6.07) is 21.5. The molecule has 0 amide bonds. The summed E-state index contributed by atoms with van der Waals surface area (Å²) in [6.07, 6.45) is 0. The van der Waals surface area contributed by atoms with Crippen LogP contribution in [0.15, 0.2) is 77.0 Å². The van der Waals surface area contributed by atoms with Gasteiger partial charge in [-0.05, 0) is 60.3 Å². The highest BCUT2D eigenvalue weighted by atomic mass is 32.2. The van der Waals surface area contributed by atoms with Crippen molar-refractivity contribution in [1.29, 1.82) is 5.26 Å². The zero-order chi connectivity index (χ0) is 20.4. The Bertz CT molecular complexity index is 1300. The van der Waals surface area contributed by atoms with E-state index in [2.05, 4.69) is 0 Å². The molecule has 0 radical (unpaired) electrons. The van der Waals surface area contributed by atoms with Crippen LogP contribution in [0.5, 0.6) is 0 Å². The van der Waals surface area contributed by atoms with Gasteiger partial charge in [0.2, 0.25) is 0 Å². The molecule has 0 saturated carbocycles. The summed E-state index contributed by atoms with van der Waals surface area (Å²) in [7, 11) is -3.60. The van der Waals surface area contributed by atoms with E-state index in [0.717, 1.165) is 21.8 Å². The first kappa shape index (κ1) is 19.1. The molecule has 0 aliphatic rings. The molecule has 144 valence electrons. The van der Waals surface area contributed by atoms with E-state index in [1.165, 1.54) is 24.3 Å². The highest BCUT2D eigenvalue weighted by molar-refractivity contribution is 7.90. The first-order valence-corrected chi connectivity index (χ1v) is 11.4. The Morgan fingerprint density at radius 1 is 1.07 bits per heavy atom. The molecule has 2 aromatic carbocycles. The average Bonchev–Trinajstić information content (AvgIpc) is 3.38. The monoisotopic (exact) mass is 419 g/mol. The number of thiophene rings is 1. The van der Waals surface area contributed by atoms with Gasteiger partial charge in [0.25, 0.3) is 0 Å². The van der Waals surface area contributed by atoms with E-state index in [4.69, 9.17) is 10.4 Å². The molecule has 0 bridgehead atoms. The summed E-state index contributed by atoms with van der Waals surface area (Å²) in [5.41, 5.74) is 3.61. The Morgan fingerprint density at radius 2 is 1.83 bits per heavy atom. The van der Waals surface area contributed by atoms with Crippen LogP contribution in [-0.2, 0) is 15.6 Å². The van der Waals surface area contributed by atoms with E-state index in [1.807, 2.05) is 60.8 Å². The number of sulfone groups is 1. The van der Waals surface area contributed by atoms with Gasteiger partial charge in [-0.1, -0.05) is 24.3 Å². The standard InChI is InChI=1S/C22H17N3O2S2/c1-16-5-2-3-6-21(16)25-18(13-20(24-25)22-7-4-12-28-22)15-29(26,27)19-10-8-17(14-23)9-11-19/h2-13H,15H2,1H3. The van der Waals surface area contributed by atoms with Crippen molar-refractivity contribution < 1.29 is 8.42 Å². The van der Waals surface area contributed by atoms with Gasteiger partial charge < -0.3 is 0 Å². The van der Waals surface area contributed by atoms with Crippen molar-refractivity contribution in [3.63, 3.8) is 0 Å². The smallest absolute Gasteiger partial charge is 0.184 e. The Hall–Kier alpha value is -3.21. The molecule has 4 rings (SSSR count). The molecule has 0 atom stereocenters. The maximum Gasteiger partial charge on any atom is 0.184 e. The maximum absolute atomic E-state index is 13.0. The minimum atomic E-state index is -3.60. The van der Waals surface area contributed by atoms with Crippen LogP contribution in [0.25, 0.3) is 16.3 Å². The van der Waals surface area contributed by atoms with Crippen molar-refractivity contribution in [2.75, 3.05) is 0 Å². The molecule has 0 spiro atoms. The van der Waals surface area contributed by atoms with Gasteiger partial charge in [0, 0.05) is 0 Å². The maximum atomic E-state index is 13.0. The lowest BCUT2D eigenvalue weighted by Crippen LogP contribution is -2.11. The third-order valence-electron chi connectivity index (χ3n) is 4.58. The van der Waals surface area contributed by atoms with Gasteiger partial charge in [0.15, 0.2) is 9.84 Å². The molecule has 0 aliphatic heterocycles. The molecule has 0 N–H and O–H groups in total. The number of aryl methyl sites for hydroxylation is 1. The molecule has 0 saturated heterocycles. The van der Waals surface area contributed by atoms with Gasteiger partial charge in [-0.15, -0.1) is 11.3 Å². The fourth-order valence-electron chi connectivity index (χ4n) is 3.09. The fraction of sp³-hybridized carbons (Fsp3) is 0.0909. The summed E-state index contributed by atoms with van der Waals surface area (Å²) < 4.78 is 27.8. The van der Waals surface area contributed by atoms with Crippen LogP contribution in [0, 0.1) is 18.3 Å². The highest BCUT2D eigenvalue weighted by Gasteiger charge is 2.21. The van der Waals surface area contributed by atoms with E-state index in [-0.39, 0.29) is 10.6 Å². The second-order valence-electron chi connectivity index (χ2n) is 6.59. The highest BCUT2D eigenvalue weighted by Crippen LogP contribution is 2.28. The van der Waals surface area contributed by atoms with Crippen molar-refractivity contribution in [3.8, 4) is 22.3 Å². The first-order chi connectivity index (χ1) is 14.0. The van der Waals surface area contributed by atoms with Crippen LogP contribution in [0.3, 0.4) is 0 Å². The number of aromatic nitrogens is 2. The van der Waals surface area contributed by atoms with E-state index in [1.54, 1.807) is 16.0 Å². The van der Waals surface area contributed by atoms with E-state index < -0.39 is 9.84 Å². The first-order valence-electron chi connectivity index (χ1n) is 8.90.